The normalized spacial score (nSPS) is 31.0. The molecular weight excluding hydrogens is 562 g/mol. The van der Waals surface area contributed by atoms with Crippen molar-refractivity contribution in [3.05, 3.63) is 34.9 Å². The van der Waals surface area contributed by atoms with Gasteiger partial charge in [0.15, 0.2) is 0 Å². The van der Waals surface area contributed by atoms with E-state index in [9.17, 15) is 14.4 Å². The van der Waals surface area contributed by atoms with Crippen LogP contribution < -0.4 is 0 Å². The summed E-state index contributed by atoms with van der Waals surface area (Å²) < 4.78 is 0. The highest BCUT2D eigenvalue weighted by molar-refractivity contribution is 6.30. The first-order valence-electron chi connectivity index (χ1n) is 16.4. The number of halogens is 1. The molecule has 1 saturated carbocycles. The van der Waals surface area contributed by atoms with Gasteiger partial charge in [-0.15, -0.1) is 0 Å². The first kappa shape index (κ1) is 32.2. The number of nitrogens with zero attached hydrogens (tertiary/aromatic N) is 5. The summed E-state index contributed by atoms with van der Waals surface area (Å²) in [5.41, 5.74) is 1.01. The van der Waals surface area contributed by atoms with Crippen LogP contribution in [0.2, 0.25) is 5.02 Å². The van der Waals surface area contributed by atoms with Gasteiger partial charge in [0.25, 0.3) is 0 Å². The molecule has 4 atom stereocenters. The third kappa shape index (κ3) is 7.07. The molecule has 1 aromatic rings. The molecule has 0 bridgehead atoms. The second-order valence-corrected chi connectivity index (χ2v) is 15.1. The summed E-state index contributed by atoms with van der Waals surface area (Å²) in [7, 11) is 2.08. The molecule has 3 saturated heterocycles. The molecule has 9 heteroatoms. The first-order valence-corrected chi connectivity index (χ1v) is 16.8. The molecule has 0 N–H and O–H groups in total. The minimum Gasteiger partial charge on any atom is -0.338 e. The fraction of sp³-hybridized carbons (Fsp3) is 0.735. The number of hydrogen-bond donors (Lipinski definition) is 0. The number of carbonyl (C=O) groups is 3. The summed E-state index contributed by atoms with van der Waals surface area (Å²) in [6, 6.07) is 7.38. The van der Waals surface area contributed by atoms with E-state index in [1.807, 2.05) is 34.1 Å². The Morgan fingerprint density at radius 2 is 1.49 bits per heavy atom. The van der Waals surface area contributed by atoms with E-state index in [1.54, 1.807) is 6.92 Å². The van der Waals surface area contributed by atoms with Crippen molar-refractivity contribution in [3.8, 4) is 0 Å². The maximum Gasteiger partial charge on any atom is 0.245 e. The van der Waals surface area contributed by atoms with Crippen LogP contribution >= 0.6 is 11.6 Å². The fourth-order valence-electron chi connectivity index (χ4n) is 7.93. The van der Waals surface area contributed by atoms with Crippen molar-refractivity contribution in [1.29, 1.82) is 0 Å². The van der Waals surface area contributed by atoms with Gasteiger partial charge in [-0.3, -0.25) is 19.3 Å². The zero-order valence-corrected chi connectivity index (χ0v) is 27.9. The van der Waals surface area contributed by atoms with Gasteiger partial charge in [0.05, 0.1) is 12.0 Å². The van der Waals surface area contributed by atoms with Crippen molar-refractivity contribution < 1.29 is 14.4 Å². The maximum absolute atomic E-state index is 14.8. The molecule has 0 aromatic heterocycles. The van der Waals surface area contributed by atoms with Crippen molar-refractivity contribution in [3.63, 3.8) is 0 Å². The smallest absolute Gasteiger partial charge is 0.245 e. The van der Waals surface area contributed by atoms with Gasteiger partial charge in [-0.2, -0.15) is 0 Å². The van der Waals surface area contributed by atoms with Crippen LogP contribution in [-0.2, 0) is 14.4 Å². The summed E-state index contributed by atoms with van der Waals surface area (Å²) in [6.07, 6.45) is 4.72. The van der Waals surface area contributed by atoms with Gasteiger partial charge in [-0.1, -0.05) is 30.7 Å². The monoisotopic (exact) mass is 613 g/mol. The van der Waals surface area contributed by atoms with Crippen molar-refractivity contribution in [2.45, 2.75) is 96.3 Å². The third-order valence-electron chi connectivity index (χ3n) is 10.7. The molecule has 0 spiro atoms. The number of likely N-dealkylation sites (tertiary alicyclic amines) is 2. The molecule has 43 heavy (non-hydrogen) atoms. The van der Waals surface area contributed by atoms with Crippen molar-refractivity contribution in [1.82, 2.24) is 24.5 Å². The van der Waals surface area contributed by atoms with Crippen LogP contribution in [-0.4, -0.2) is 119 Å². The molecule has 0 unspecified atom stereocenters. The molecule has 8 nitrogen and oxygen atoms in total. The highest BCUT2D eigenvalue weighted by Gasteiger charge is 2.50. The number of likely N-dealkylation sites (N-methyl/N-ethyl adjacent to an activating group) is 1. The van der Waals surface area contributed by atoms with Crippen LogP contribution in [0.25, 0.3) is 0 Å². The molecule has 4 aliphatic rings. The van der Waals surface area contributed by atoms with Gasteiger partial charge in [0.1, 0.15) is 6.04 Å². The minimum absolute atomic E-state index is 0.00572. The van der Waals surface area contributed by atoms with Crippen LogP contribution in [0.4, 0.5) is 0 Å². The Labute approximate surface area is 263 Å². The number of carbonyl (C=O) groups excluding carboxylic acids is 3. The van der Waals surface area contributed by atoms with Crippen LogP contribution in [0, 0.1) is 11.8 Å². The molecule has 238 valence electrons. The molecule has 4 fully saturated rings. The highest BCUT2D eigenvalue weighted by atomic mass is 35.5. The second kappa shape index (κ2) is 13.1. The Morgan fingerprint density at radius 1 is 0.860 bits per heavy atom. The van der Waals surface area contributed by atoms with Crippen LogP contribution in [0.3, 0.4) is 0 Å². The van der Waals surface area contributed by atoms with Crippen LogP contribution in [0.5, 0.6) is 0 Å². The first-order chi connectivity index (χ1) is 20.3. The lowest BCUT2D eigenvalue weighted by Gasteiger charge is -2.39. The van der Waals surface area contributed by atoms with Gasteiger partial charge in [0.2, 0.25) is 17.7 Å². The molecule has 1 aromatic carbocycles. The summed E-state index contributed by atoms with van der Waals surface area (Å²) in [5.74, 6) is 0.551. The molecule has 3 aliphatic heterocycles. The quantitative estimate of drug-likeness (QED) is 0.495. The predicted octanol–water partition coefficient (Wildman–Crippen LogP) is 4.32. The van der Waals surface area contributed by atoms with Crippen molar-refractivity contribution in [2.24, 2.45) is 11.8 Å². The van der Waals surface area contributed by atoms with Gasteiger partial charge in [0, 0.05) is 75.3 Å². The summed E-state index contributed by atoms with van der Waals surface area (Å²) in [4.78, 5) is 52.7. The Balaban J connectivity index is 1.45. The van der Waals surface area contributed by atoms with E-state index in [-0.39, 0.29) is 47.2 Å². The van der Waals surface area contributed by atoms with Crippen LogP contribution in [0.1, 0.15) is 78.2 Å². The number of rotatable bonds is 5. The lowest BCUT2D eigenvalue weighted by molar-refractivity contribution is -0.147. The number of piperazine rings is 1. The number of hydrogen-bond acceptors (Lipinski definition) is 5. The Kier molecular flexibility index (Phi) is 9.79. The zero-order valence-electron chi connectivity index (χ0n) is 27.1. The Bertz CT molecular complexity index is 1150. The predicted molar refractivity (Wildman–Crippen MR) is 171 cm³/mol. The molecule has 1 aliphatic carbocycles. The lowest BCUT2D eigenvalue weighted by Crippen LogP contribution is -2.54. The van der Waals surface area contributed by atoms with E-state index in [2.05, 4.69) is 49.4 Å². The van der Waals surface area contributed by atoms with Gasteiger partial charge in [-0.05, 0) is 83.5 Å². The SMILES string of the molecule is CC(=O)N([C@H]1C[C@H](C(=O)N2CCN(C)CC2)N(C(=O)[C@@H]2CN(C(C)(C)C)C[C@H]2c2ccc(Cl)cc2)C1)[C@H]1CC[C@@H](C)CC1. The average molecular weight is 614 g/mol. The minimum atomic E-state index is -0.542. The van der Waals surface area contributed by atoms with Crippen molar-refractivity contribution >= 4 is 29.3 Å². The van der Waals surface area contributed by atoms with E-state index in [1.165, 1.54) is 0 Å². The maximum atomic E-state index is 14.8. The molecule has 5 rings (SSSR count). The standard InChI is InChI=1S/C34H52ClN5O3/c1-23-7-13-27(14-8-23)40(24(2)41)28-19-31(33(43)37-17-15-36(6)16-18-37)39(20-28)32(42)30-22-38(34(3,4)5)21-29(30)25-9-11-26(35)12-10-25/h9-12,23,27-31H,7-8,13-22H2,1-6H3/t23-,27+,28-,29-,30+,31+/m0/s1. The molecule has 3 amide bonds. The van der Waals surface area contributed by atoms with E-state index >= 15 is 0 Å². The van der Waals surface area contributed by atoms with Gasteiger partial charge < -0.3 is 19.6 Å². The third-order valence-corrected chi connectivity index (χ3v) is 10.9. The summed E-state index contributed by atoms with van der Waals surface area (Å²) in [5, 5.41) is 0.680. The fourth-order valence-corrected chi connectivity index (χ4v) is 8.05. The van der Waals surface area contributed by atoms with Crippen LogP contribution in [0.15, 0.2) is 24.3 Å². The van der Waals surface area contributed by atoms with E-state index < -0.39 is 6.04 Å². The van der Waals surface area contributed by atoms with E-state index in [0.717, 1.165) is 50.9 Å². The molecular formula is C34H52ClN5O3. The Hall–Kier alpha value is -2.16. The van der Waals surface area contributed by atoms with E-state index in [4.69, 9.17) is 11.6 Å². The Morgan fingerprint density at radius 3 is 2.07 bits per heavy atom. The molecule has 0 radical (unpaired) electrons. The number of amides is 3. The molecule has 3 heterocycles. The largest absolute Gasteiger partial charge is 0.338 e. The summed E-state index contributed by atoms with van der Waals surface area (Å²) in [6.45, 7) is 15.4. The highest BCUT2D eigenvalue weighted by Crippen LogP contribution is 2.40. The van der Waals surface area contributed by atoms with E-state index in [0.29, 0.717) is 43.5 Å². The van der Waals surface area contributed by atoms with Gasteiger partial charge >= 0.3 is 0 Å². The topological polar surface area (TPSA) is 67.4 Å². The number of benzene rings is 1. The lowest BCUT2D eigenvalue weighted by atomic mass is 9.86. The summed E-state index contributed by atoms with van der Waals surface area (Å²) >= 11 is 6.24. The zero-order chi connectivity index (χ0) is 31.1. The average Bonchev–Trinajstić information content (AvgIpc) is 3.60. The van der Waals surface area contributed by atoms with Gasteiger partial charge in [-0.25, -0.2) is 0 Å². The second-order valence-electron chi connectivity index (χ2n) is 14.7. The van der Waals surface area contributed by atoms with Crippen molar-refractivity contribution in [2.75, 3.05) is 52.9 Å².